The van der Waals surface area contributed by atoms with Gasteiger partial charge in [-0.1, -0.05) is 0 Å². The van der Waals surface area contributed by atoms with E-state index in [0.29, 0.717) is 12.6 Å². The van der Waals surface area contributed by atoms with Crippen molar-refractivity contribution in [3.8, 4) is 0 Å². The van der Waals surface area contributed by atoms with Crippen LogP contribution in [0.3, 0.4) is 0 Å². The summed E-state index contributed by atoms with van der Waals surface area (Å²) in [6.07, 6.45) is 1.18. The maximum Gasteiger partial charge on any atom is 0.132 e. The van der Waals surface area contributed by atoms with Crippen molar-refractivity contribution in [3.05, 3.63) is 17.6 Å². The number of nitrogens with two attached hydrogens (primary N) is 1. The number of aryl methyl sites for hydroxylation is 2. The minimum absolute atomic E-state index is 0.476. The summed E-state index contributed by atoms with van der Waals surface area (Å²) in [7, 11) is 0. The van der Waals surface area contributed by atoms with Crippen molar-refractivity contribution in [2.45, 2.75) is 26.3 Å². The third-order valence-electron chi connectivity index (χ3n) is 2.66. The fourth-order valence-electron chi connectivity index (χ4n) is 1.83. The van der Waals surface area contributed by atoms with Gasteiger partial charge < -0.3 is 10.6 Å². The molecule has 4 nitrogen and oxygen atoms in total. The molecule has 1 aromatic rings. The van der Waals surface area contributed by atoms with E-state index in [1.165, 1.54) is 6.42 Å². The van der Waals surface area contributed by atoms with Gasteiger partial charge in [-0.25, -0.2) is 9.97 Å². The zero-order valence-corrected chi connectivity index (χ0v) is 8.70. The molecule has 2 N–H and O–H groups in total. The minimum atomic E-state index is 0.476. The van der Waals surface area contributed by atoms with Crippen molar-refractivity contribution in [1.29, 1.82) is 0 Å². The van der Waals surface area contributed by atoms with Gasteiger partial charge in [0.25, 0.3) is 0 Å². The molecule has 14 heavy (non-hydrogen) atoms. The molecule has 0 amide bonds. The lowest BCUT2D eigenvalue weighted by atomic mass is 10.0. The number of anilines is 1. The highest BCUT2D eigenvalue weighted by Gasteiger charge is 2.27. The molecule has 0 aromatic carbocycles. The Labute approximate surface area is 84.2 Å². The Bertz CT molecular complexity index is 315. The molecule has 1 saturated heterocycles. The fourth-order valence-corrected chi connectivity index (χ4v) is 1.83. The van der Waals surface area contributed by atoms with Crippen molar-refractivity contribution in [2.24, 2.45) is 5.73 Å². The number of aromatic nitrogens is 2. The largest absolute Gasteiger partial charge is 0.352 e. The van der Waals surface area contributed by atoms with Crippen LogP contribution in [0.15, 0.2) is 6.07 Å². The van der Waals surface area contributed by atoms with E-state index in [9.17, 15) is 0 Å². The lowest BCUT2D eigenvalue weighted by Crippen LogP contribution is -2.52. The Morgan fingerprint density at radius 1 is 1.50 bits per heavy atom. The van der Waals surface area contributed by atoms with Gasteiger partial charge in [0.2, 0.25) is 0 Å². The van der Waals surface area contributed by atoms with Crippen molar-refractivity contribution in [2.75, 3.05) is 18.0 Å². The van der Waals surface area contributed by atoms with Crippen LogP contribution in [-0.2, 0) is 0 Å². The SMILES string of the molecule is Cc1cc(N2CCC2CN)nc(C)n1. The summed E-state index contributed by atoms with van der Waals surface area (Å²) < 4.78 is 0. The highest BCUT2D eigenvalue weighted by Crippen LogP contribution is 2.24. The first kappa shape index (κ1) is 9.40. The molecule has 1 atom stereocenters. The average molecular weight is 192 g/mol. The Morgan fingerprint density at radius 2 is 2.29 bits per heavy atom. The van der Waals surface area contributed by atoms with Gasteiger partial charge in [0.05, 0.1) is 0 Å². The topological polar surface area (TPSA) is 55.0 Å². The molecular weight excluding hydrogens is 176 g/mol. The number of hydrogen-bond acceptors (Lipinski definition) is 4. The third kappa shape index (κ3) is 1.57. The predicted molar refractivity (Wildman–Crippen MR) is 56.3 cm³/mol. The number of rotatable bonds is 2. The molecule has 0 bridgehead atoms. The second-order valence-corrected chi connectivity index (χ2v) is 3.79. The Kier molecular flexibility index (Phi) is 2.37. The van der Waals surface area contributed by atoms with E-state index in [-0.39, 0.29) is 0 Å². The molecule has 0 radical (unpaired) electrons. The summed E-state index contributed by atoms with van der Waals surface area (Å²) in [5, 5.41) is 0. The van der Waals surface area contributed by atoms with Gasteiger partial charge in [-0.05, 0) is 20.3 Å². The van der Waals surface area contributed by atoms with Gasteiger partial charge in [-0.2, -0.15) is 0 Å². The quantitative estimate of drug-likeness (QED) is 0.746. The summed E-state index contributed by atoms with van der Waals surface area (Å²) in [6, 6.07) is 2.50. The fraction of sp³-hybridized carbons (Fsp3) is 0.600. The first-order valence-corrected chi connectivity index (χ1v) is 4.99. The molecular formula is C10H16N4. The Hall–Kier alpha value is -1.16. The van der Waals surface area contributed by atoms with E-state index in [4.69, 9.17) is 5.73 Å². The highest BCUT2D eigenvalue weighted by atomic mass is 15.3. The lowest BCUT2D eigenvalue weighted by Gasteiger charge is -2.41. The van der Waals surface area contributed by atoms with Crippen LogP contribution >= 0.6 is 0 Å². The molecule has 0 saturated carbocycles. The van der Waals surface area contributed by atoms with E-state index in [0.717, 1.165) is 23.9 Å². The zero-order chi connectivity index (χ0) is 10.1. The van der Waals surface area contributed by atoms with Crippen LogP contribution in [0.25, 0.3) is 0 Å². The summed E-state index contributed by atoms with van der Waals surface area (Å²) in [6.45, 7) is 5.70. The van der Waals surface area contributed by atoms with Gasteiger partial charge >= 0.3 is 0 Å². The average Bonchev–Trinajstić information content (AvgIpc) is 2.00. The second kappa shape index (κ2) is 3.53. The summed E-state index contributed by atoms with van der Waals surface area (Å²) in [5.41, 5.74) is 6.68. The molecule has 0 aliphatic carbocycles. The van der Waals surface area contributed by atoms with Gasteiger partial charge in [-0.3, -0.25) is 0 Å². The highest BCUT2D eigenvalue weighted by molar-refractivity contribution is 5.44. The van der Waals surface area contributed by atoms with Crippen LogP contribution in [-0.4, -0.2) is 29.1 Å². The molecule has 2 rings (SSSR count). The number of hydrogen-bond donors (Lipinski definition) is 1. The van der Waals surface area contributed by atoms with Gasteiger partial charge in [0.15, 0.2) is 0 Å². The van der Waals surface area contributed by atoms with E-state index in [2.05, 4.69) is 14.9 Å². The van der Waals surface area contributed by atoms with Crippen molar-refractivity contribution in [3.63, 3.8) is 0 Å². The summed E-state index contributed by atoms with van der Waals surface area (Å²) >= 11 is 0. The van der Waals surface area contributed by atoms with E-state index in [1.54, 1.807) is 0 Å². The van der Waals surface area contributed by atoms with Crippen LogP contribution in [0.1, 0.15) is 17.9 Å². The molecule has 1 aliphatic heterocycles. The summed E-state index contributed by atoms with van der Waals surface area (Å²) in [4.78, 5) is 10.9. The smallest absolute Gasteiger partial charge is 0.132 e. The van der Waals surface area contributed by atoms with Crippen molar-refractivity contribution in [1.82, 2.24) is 9.97 Å². The zero-order valence-electron chi connectivity index (χ0n) is 8.70. The van der Waals surface area contributed by atoms with E-state index >= 15 is 0 Å². The monoisotopic (exact) mass is 192 g/mol. The normalized spacial score (nSPS) is 20.8. The van der Waals surface area contributed by atoms with Crippen LogP contribution in [0.4, 0.5) is 5.82 Å². The van der Waals surface area contributed by atoms with Crippen LogP contribution in [0.2, 0.25) is 0 Å². The maximum absolute atomic E-state index is 5.65. The molecule has 2 heterocycles. The molecule has 76 valence electrons. The maximum atomic E-state index is 5.65. The van der Waals surface area contributed by atoms with E-state index < -0.39 is 0 Å². The minimum Gasteiger partial charge on any atom is -0.352 e. The van der Waals surface area contributed by atoms with Crippen LogP contribution in [0, 0.1) is 13.8 Å². The van der Waals surface area contributed by atoms with Crippen LogP contribution < -0.4 is 10.6 Å². The Morgan fingerprint density at radius 3 is 2.79 bits per heavy atom. The third-order valence-corrected chi connectivity index (χ3v) is 2.66. The first-order valence-electron chi connectivity index (χ1n) is 4.99. The second-order valence-electron chi connectivity index (χ2n) is 3.79. The first-order chi connectivity index (χ1) is 6.70. The summed E-state index contributed by atoms with van der Waals surface area (Å²) in [5.74, 6) is 1.86. The molecule has 1 aliphatic rings. The van der Waals surface area contributed by atoms with Crippen molar-refractivity contribution < 1.29 is 0 Å². The van der Waals surface area contributed by atoms with Gasteiger partial charge in [0.1, 0.15) is 11.6 Å². The van der Waals surface area contributed by atoms with Crippen LogP contribution in [0.5, 0.6) is 0 Å². The Balaban J connectivity index is 2.23. The lowest BCUT2D eigenvalue weighted by molar-refractivity contribution is 0.451. The number of nitrogens with zero attached hydrogens (tertiary/aromatic N) is 3. The standard InChI is InChI=1S/C10H16N4/c1-7-5-10(13-8(2)12-7)14-4-3-9(14)6-11/h5,9H,3-4,6,11H2,1-2H3. The van der Waals surface area contributed by atoms with E-state index in [1.807, 2.05) is 19.9 Å². The molecule has 1 aromatic heterocycles. The molecule has 1 fully saturated rings. The van der Waals surface area contributed by atoms with Gasteiger partial charge in [-0.15, -0.1) is 0 Å². The van der Waals surface area contributed by atoms with Gasteiger partial charge in [0, 0.05) is 30.9 Å². The molecule has 4 heteroatoms. The predicted octanol–water partition coefficient (Wildman–Crippen LogP) is 0.631. The molecule has 0 spiro atoms. The molecule has 1 unspecified atom stereocenters. The van der Waals surface area contributed by atoms with Crippen molar-refractivity contribution >= 4 is 5.82 Å².